The van der Waals surface area contributed by atoms with Crippen molar-refractivity contribution in [1.82, 2.24) is 9.88 Å². The lowest BCUT2D eigenvalue weighted by Gasteiger charge is -2.29. The van der Waals surface area contributed by atoms with E-state index in [9.17, 15) is 17.6 Å². The summed E-state index contributed by atoms with van der Waals surface area (Å²) in [7, 11) is 0.775. The molecule has 0 amide bonds. The highest BCUT2D eigenvalue weighted by Gasteiger charge is 2.33. The van der Waals surface area contributed by atoms with Crippen molar-refractivity contribution in [2.45, 2.75) is 37.5 Å². The highest BCUT2D eigenvalue weighted by Crippen LogP contribution is 2.24. The highest BCUT2D eigenvalue weighted by molar-refractivity contribution is 6.04. The summed E-state index contributed by atoms with van der Waals surface area (Å²) < 4.78 is 51.0. The molecule has 7 heteroatoms. The molecule has 2 heterocycles. The van der Waals surface area contributed by atoms with E-state index in [1.807, 2.05) is 4.57 Å². The topological polar surface area (TPSA) is 15.3 Å². The highest BCUT2D eigenvalue weighted by atomic mass is 28.2. The Bertz CT molecular complexity index is 230. The summed E-state index contributed by atoms with van der Waals surface area (Å²) in [5.74, 6) is -4.82. The molecule has 17 heavy (non-hydrogen) atoms. The molecule has 0 unspecified atom stereocenters. The van der Waals surface area contributed by atoms with Gasteiger partial charge in [-0.25, -0.2) is 17.6 Å². The predicted molar refractivity (Wildman–Crippen MR) is 62.7 cm³/mol. The van der Waals surface area contributed by atoms with E-state index in [2.05, 4.69) is 5.32 Å². The summed E-state index contributed by atoms with van der Waals surface area (Å²) in [5, 5.41) is 2.62. The first-order valence-corrected chi connectivity index (χ1v) is 6.85. The average molecular weight is 272 g/mol. The molecule has 1 N–H and O–H groups in total. The van der Waals surface area contributed by atoms with Crippen LogP contribution in [0.25, 0.3) is 0 Å². The first kappa shape index (κ1) is 14.9. The second-order valence-electron chi connectivity index (χ2n) is 4.83. The van der Waals surface area contributed by atoms with Crippen LogP contribution in [-0.4, -0.2) is 53.0 Å². The minimum atomic E-state index is -2.43. The van der Waals surface area contributed by atoms with Gasteiger partial charge in [0.15, 0.2) is 0 Å². The molecule has 2 saturated heterocycles. The van der Waals surface area contributed by atoms with Gasteiger partial charge in [-0.3, -0.25) is 0 Å². The quantitative estimate of drug-likeness (QED) is 0.523. The molecular weight excluding hydrogens is 252 g/mol. The second-order valence-corrected chi connectivity index (χ2v) is 6.10. The van der Waals surface area contributed by atoms with E-state index in [0.717, 1.165) is 23.5 Å². The molecule has 2 rings (SSSR count). The third kappa shape index (κ3) is 6.37. The molecule has 0 aromatic carbocycles. The fraction of sp³-hybridized carbons (Fsp3) is 1.00. The van der Waals surface area contributed by atoms with E-state index >= 15 is 0 Å². The first-order valence-electron chi connectivity index (χ1n) is 5.96. The molecule has 0 aromatic heterocycles. The fourth-order valence-corrected chi connectivity index (χ4v) is 2.77. The number of nitrogens with zero attached hydrogens (tertiary/aromatic N) is 1. The van der Waals surface area contributed by atoms with Gasteiger partial charge in [0.2, 0.25) is 0 Å². The van der Waals surface area contributed by atoms with Crippen LogP contribution in [0.1, 0.15) is 25.7 Å². The zero-order chi connectivity index (χ0) is 12.9. The number of piperidine rings is 2. The van der Waals surface area contributed by atoms with Crippen molar-refractivity contribution in [2.75, 3.05) is 26.2 Å². The summed E-state index contributed by atoms with van der Waals surface area (Å²) in [6.45, 7) is 1.49. The Balaban J connectivity index is 0.000000171. The second kappa shape index (κ2) is 6.15. The van der Waals surface area contributed by atoms with Gasteiger partial charge >= 0.3 is 0 Å². The van der Waals surface area contributed by atoms with Crippen molar-refractivity contribution in [2.24, 2.45) is 0 Å². The minimum Gasteiger partial charge on any atom is -0.327 e. The minimum absolute atomic E-state index is 0.000772. The van der Waals surface area contributed by atoms with Crippen LogP contribution in [0.4, 0.5) is 17.6 Å². The Morgan fingerprint density at radius 1 is 1.00 bits per heavy atom. The van der Waals surface area contributed by atoms with Crippen molar-refractivity contribution in [3.05, 3.63) is 0 Å². The van der Waals surface area contributed by atoms with Crippen molar-refractivity contribution >= 4 is 10.4 Å². The number of hydrogen-bond donors (Lipinski definition) is 1. The molecule has 102 valence electrons. The first-order chi connectivity index (χ1) is 7.81. The fourth-order valence-electron chi connectivity index (χ4n) is 1.99. The average Bonchev–Trinajstić information content (AvgIpc) is 2.15. The molecule has 0 bridgehead atoms. The SMILES string of the molecule is FC1(F)CCCN([SiH3])C1.FC1(F)CCCNC1. The van der Waals surface area contributed by atoms with Gasteiger partial charge in [-0.15, -0.1) is 0 Å². The van der Waals surface area contributed by atoms with E-state index < -0.39 is 11.8 Å². The lowest BCUT2D eigenvalue weighted by atomic mass is 10.1. The molecule has 0 aliphatic carbocycles. The lowest BCUT2D eigenvalue weighted by molar-refractivity contribution is -0.0432. The third-order valence-corrected chi connectivity index (χ3v) is 3.63. The zero-order valence-electron chi connectivity index (χ0n) is 10.1. The van der Waals surface area contributed by atoms with Crippen molar-refractivity contribution in [3.8, 4) is 0 Å². The zero-order valence-corrected chi connectivity index (χ0v) is 12.1. The van der Waals surface area contributed by atoms with Gasteiger partial charge in [0, 0.05) is 12.8 Å². The maximum Gasteiger partial charge on any atom is 0.260 e. The van der Waals surface area contributed by atoms with Gasteiger partial charge < -0.3 is 9.88 Å². The summed E-state index contributed by atoms with van der Waals surface area (Å²) in [5.41, 5.74) is 0. The van der Waals surface area contributed by atoms with Crippen LogP contribution in [0.3, 0.4) is 0 Å². The Labute approximate surface area is 102 Å². The van der Waals surface area contributed by atoms with Crippen LogP contribution < -0.4 is 5.32 Å². The molecule has 0 aromatic rings. The number of alkyl halides is 4. The normalized spacial score (nSPS) is 28.2. The Morgan fingerprint density at radius 2 is 1.65 bits per heavy atom. The Hall–Kier alpha value is -0.143. The standard InChI is InChI=1S/C5H11F2NSi.C5H9F2N/c6-5(7)2-1-3-8(9)4-5;6-5(7)2-1-3-8-4-5/h1-4H2,9H3;8H,1-4H2. The lowest BCUT2D eigenvalue weighted by Crippen LogP contribution is -2.40. The summed E-state index contributed by atoms with van der Waals surface area (Å²) in [4.78, 5) is 0. The summed E-state index contributed by atoms with van der Waals surface area (Å²) in [6.07, 6.45) is 1.41. The van der Waals surface area contributed by atoms with Crippen LogP contribution in [-0.2, 0) is 0 Å². The molecule has 0 atom stereocenters. The van der Waals surface area contributed by atoms with Gasteiger partial charge in [0.25, 0.3) is 11.8 Å². The monoisotopic (exact) mass is 272 g/mol. The largest absolute Gasteiger partial charge is 0.327 e. The van der Waals surface area contributed by atoms with E-state index in [-0.39, 0.29) is 25.9 Å². The maximum atomic E-state index is 12.4. The maximum absolute atomic E-state index is 12.4. The molecular formula is C10H20F4N2Si. The number of rotatable bonds is 0. The van der Waals surface area contributed by atoms with Crippen molar-refractivity contribution in [3.63, 3.8) is 0 Å². The van der Waals surface area contributed by atoms with E-state index in [4.69, 9.17) is 0 Å². The van der Waals surface area contributed by atoms with Gasteiger partial charge in [0.1, 0.15) is 0 Å². The molecule has 2 fully saturated rings. The number of halogens is 4. The third-order valence-electron chi connectivity index (χ3n) is 2.86. The molecule has 0 radical (unpaired) electrons. The van der Waals surface area contributed by atoms with Crippen LogP contribution >= 0.6 is 0 Å². The van der Waals surface area contributed by atoms with Crippen LogP contribution in [0.5, 0.6) is 0 Å². The van der Waals surface area contributed by atoms with E-state index in [1.54, 1.807) is 0 Å². The van der Waals surface area contributed by atoms with E-state index in [0.29, 0.717) is 12.8 Å². The van der Waals surface area contributed by atoms with Crippen LogP contribution in [0.15, 0.2) is 0 Å². The predicted octanol–water partition coefficient (Wildman–Crippen LogP) is 1.00. The van der Waals surface area contributed by atoms with E-state index in [1.165, 1.54) is 0 Å². The molecule has 2 nitrogen and oxygen atoms in total. The van der Waals surface area contributed by atoms with Crippen molar-refractivity contribution < 1.29 is 17.6 Å². The van der Waals surface area contributed by atoms with Gasteiger partial charge in [-0.1, -0.05) is 0 Å². The van der Waals surface area contributed by atoms with Crippen LogP contribution in [0.2, 0.25) is 0 Å². The van der Waals surface area contributed by atoms with Gasteiger partial charge in [-0.2, -0.15) is 0 Å². The molecule has 0 spiro atoms. The smallest absolute Gasteiger partial charge is 0.260 e. The van der Waals surface area contributed by atoms with Crippen molar-refractivity contribution in [1.29, 1.82) is 0 Å². The Kier molecular flexibility index (Phi) is 5.40. The van der Waals surface area contributed by atoms with Gasteiger partial charge in [-0.05, 0) is 25.9 Å². The molecule has 2 aliphatic rings. The summed E-state index contributed by atoms with van der Waals surface area (Å²) >= 11 is 0. The van der Waals surface area contributed by atoms with Gasteiger partial charge in [0.05, 0.1) is 23.5 Å². The molecule has 2 aliphatic heterocycles. The summed E-state index contributed by atoms with van der Waals surface area (Å²) in [6, 6.07) is 0. The molecule has 0 saturated carbocycles. The van der Waals surface area contributed by atoms with Crippen LogP contribution in [0, 0.1) is 0 Å². The number of hydrogen-bond acceptors (Lipinski definition) is 2. The number of nitrogens with one attached hydrogen (secondary N) is 1. The Morgan fingerprint density at radius 3 is 1.94 bits per heavy atom.